The number of fused-ring (bicyclic) bond motifs is 4. The minimum Gasteiger partial charge on any atom is -0.479 e. The van der Waals surface area contributed by atoms with Crippen molar-refractivity contribution in [1.29, 1.82) is 0 Å². The number of likely N-dealkylation sites (tertiary alicyclic amines) is 1. The molecule has 2 aromatic rings. The third kappa shape index (κ3) is 3.06. The predicted octanol–water partition coefficient (Wildman–Crippen LogP) is 1.42. The summed E-state index contributed by atoms with van der Waals surface area (Å²) >= 11 is 0. The third-order valence-corrected chi connectivity index (χ3v) is 5.16. The van der Waals surface area contributed by atoms with Gasteiger partial charge in [0, 0.05) is 56.2 Å². The Bertz CT molecular complexity index is 841. The highest BCUT2D eigenvalue weighted by Crippen LogP contribution is 2.35. The normalized spacial score (nSPS) is 21.7. The van der Waals surface area contributed by atoms with Crippen LogP contribution in [0.15, 0.2) is 33.6 Å². The molecule has 2 aliphatic rings. The Morgan fingerprint density at radius 3 is 3.04 bits per heavy atom. The quantitative estimate of drug-likeness (QED) is 0.839. The molecule has 1 fully saturated rings. The van der Waals surface area contributed by atoms with E-state index in [1.54, 1.807) is 12.1 Å². The fourth-order valence-corrected chi connectivity index (χ4v) is 4.00. The van der Waals surface area contributed by atoms with Gasteiger partial charge < -0.3 is 18.7 Å². The number of pyridine rings is 1. The van der Waals surface area contributed by atoms with Crippen LogP contribution in [0.2, 0.25) is 0 Å². The molecule has 0 aromatic carbocycles. The van der Waals surface area contributed by atoms with E-state index in [0.29, 0.717) is 43.5 Å². The lowest BCUT2D eigenvalue weighted by Gasteiger charge is -2.42. The van der Waals surface area contributed by atoms with E-state index in [2.05, 4.69) is 5.16 Å². The number of hydrogen-bond acceptors (Lipinski definition) is 5. The van der Waals surface area contributed by atoms with E-state index in [4.69, 9.17) is 9.26 Å². The highest BCUT2D eigenvalue weighted by atomic mass is 16.5. The fourth-order valence-electron chi connectivity index (χ4n) is 4.00. The SMILES string of the molecule is COc1cc(CCC(=O)N2CC3C[C@H](C2)Cn2c3cccc2=O)on1. The van der Waals surface area contributed by atoms with E-state index >= 15 is 0 Å². The Morgan fingerprint density at radius 1 is 1.36 bits per heavy atom. The molecule has 1 amide bonds. The fraction of sp³-hybridized carbons (Fsp3) is 0.500. The van der Waals surface area contributed by atoms with Crippen molar-refractivity contribution in [2.45, 2.75) is 31.7 Å². The topological polar surface area (TPSA) is 77.6 Å². The number of aromatic nitrogens is 2. The number of amides is 1. The zero-order chi connectivity index (χ0) is 17.4. The molecule has 7 heteroatoms. The van der Waals surface area contributed by atoms with Gasteiger partial charge in [-0.3, -0.25) is 9.59 Å². The summed E-state index contributed by atoms with van der Waals surface area (Å²) in [6, 6.07) is 7.14. The summed E-state index contributed by atoms with van der Waals surface area (Å²) in [5, 5.41) is 3.75. The van der Waals surface area contributed by atoms with Crippen LogP contribution in [0.25, 0.3) is 0 Å². The van der Waals surface area contributed by atoms with E-state index in [1.165, 1.54) is 7.11 Å². The van der Waals surface area contributed by atoms with E-state index in [-0.39, 0.29) is 17.4 Å². The first-order valence-corrected chi connectivity index (χ1v) is 8.61. The lowest BCUT2D eigenvalue weighted by molar-refractivity contribution is -0.134. The molecule has 0 spiro atoms. The van der Waals surface area contributed by atoms with Gasteiger partial charge in [-0.05, 0) is 23.6 Å². The van der Waals surface area contributed by atoms with Crippen LogP contribution in [0, 0.1) is 5.92 Å². The van der Waals surface area contributed by atoms with Crippen LogP contribution in [0.1, 0.15) is 30.2 Å². The Kier molecular flexibility index (Phi) is 4.07. The average molecular weight is 343 g/mol. The maximum absolute atomic E-state index is 12.6. The van der Waals surface area contributed by atoms with Gasteiger partial charge >= 0.3 is 0 Å². The largest absolute Gasteiger partial charge is 0.479 e. The molecule has 2 aromatic heterocycles. The highest BCUT2D eigenvalue weighted by molar-refractivity contribution is 5.76. The zero-order valence-electron chi connectivity index (χ0n) is 14.2. The molecular formula is C18H21N3O4. The van der Waals surface area contributed by atoms with Gasteiger partial charge in [0.25, 0.3) is 11.4 Å². The van der Waals surface area contributed by atoms with Crippen LogP contribution >= 0.6 is 0 Å². The van der Waals surface area contributed by atoms with Crippen molar-refractivity contribution in [3.63, 3.8) is 0 Å². The van der Waals surface area contributed by atoms with E-state index in [9.17, 15) is 9.59 Å². The van der Waals surface area contributed by atoms with Crippen molar-refractivity contribution in [1.82, 2.24) is 14.6 Å². The summed E-state index contributed by atoms with van der Waals surface area (Å²) in [6.07, 6.45) is 1.95. The number of aryl methyl sites for hydroxylation is 1. The van der Waals surface area contributed by atoms with Crippen LogP contribution in [-0.4, -0.2) is 40.7 Å². The summed E-state index contributed by atoms with van der Waals surface area (Å²) in [5.74, 6) is 1.80. The second kappa shape index (κ2) is 6.38. The standard InChI is InChI=1S/C18H21N3O4/c1-24-16-8-14(25-19-16)5-6-17(22)20-9-12-7-13(11-20)15-3-2-4-18(23)21(15)10-12/h2-4,8,12-13H,5-7,9-11H2,1H3/t12-,13?/m1/s1. The first-order valence-electron chi connectivity index (χ1n) is 8.61. The smallest absolute Gasteiger partial charge is 0.254 e. The van der Waals surface area contributed by atoms with Crippen molar-refractivity contribution >= 4 is 5.91 Å². The van der Waals surface area contributed by atoms with Crippen molar-refractivity contribution in [3.8, 4) is 5.88 Å². The molecule has 2 bridgehead atoms. The number of piperidine rings is 1. The number of methoxy groups -OCH3 is 1. The van der Waals surface area contributed by atoms with Gasteiger partial charge in [-0.25, -0.2) is 0 Å². The Hall–Kier alpha value is -2.57. The summed E-state index contributed by atoms with van der Waals surface area (Å²) in [4.78, 5) is 26.6. The van der Waals surface area contributed by atoms with E-state index in [1.807, 2.05) is 21.6 Å². The van der Waals surface area contributed by atoms with Gasteiger partial charge in [0.1, 0.15) is 5.76 Å². The molecule has 0 radical (unpaired) electrons. The second-order valence-electron chi connectivity index (χ2n) is 6.83. The van der Waals surface area contributed by atoms with Gasteiger partial charge in [-0.1, -0.05) is 6.07 Å². The molecule has 132 valence electrons. The molecule has 1 saturated heterocycles. The Balaban J connectivity index is 1.43. The van der Waals surface area contributed by atoms with E-state index in [0.717, 1.165) is 18.7 Å². The van der Waals surface area contributed by atoms with Crippen molar-refractivity contribution in [2.24, 2.45) is 5.92 Å². The Labute approximate surface area is 145 Å². The highest BCUT2D eigenvalue weighted by Gasteiger charge is 2.36. The molecular weight excluding hydrogens is 322 g/mol. The maximum atomic E-state index is 12.6. The minimum atomic E-state index is 0.0613. The summed E-state index contributed by atoms with van der Waals surface area (Å²) in [5.41, 5.74) is 1.12. The van der Waals surface area contributed by atoms with Crippen LogP contribution in [0.4, 0.5) is 0 Å². The van der Waals surface area contributed by atoms with Crippen molar-refractivity contribution < 1.29 is 14.1 Å². The second-order valence-corrected chi connectivity index (χ2v) is 6.83. The molecule has 4 rings (SSSR count). The summed E-state index contributed by atoms with van der Waals surface area (Å²) in [7, 11) is 1.53. The third-order valence-electron chi connectivity index (χ3n) is 5.16. The predicted molar refractivity (Wildman–Crippen MR) is 89.5 cm³/mol. The molecule has 0 N–H and O–H groups in total. The lowest BCUT2D eigenvalue weighted by Crippen LogP contribution is -2.49. The summed E-state index contributed by atoms with van der Waals surface area (Å²) in [6.45, 7) is 2.10. The van der Waals surface area contributed by atoms with Crippen molar-refractivity contribution in [3.05, 3.63) is 46.1 Å². The maximum Gasteiger partial charge on any atom is 0.254 e. The van der Waals surface area contributed by atoms with Crippen LogP contribution < -0.4 is 10.3 Å². The monoisotopic (exact) mass is 343 g/mol. The molecule has 7 nitrogen and oxygen atoms in total. The Morgan fingerprint density at radius 2 is 2.24 bits per heavy atom. The molecule has 1 unspecified atom stereocenters. The number of rotatable bonds is 4. The lowest BCUT2D eigenvalue weighted by atomic mass is 9.83. The average Bonchev–Trinajstić information content (AvgIpc) is 3.08. The number of carbonyl (C=O) groups is 1. The van der Waals surface area contributed by atoms with Gasteiger partial charge in [0.2, 0.25) is 5.91 Å². The van der Waals surface area contributed by atoms with Gasteiger partial charge in [-0.2, -0.15) is 0 Å². The number of nitrogens with zero attached hydrogens (tertiary/aromatic N) is 3. The molecule has 2 aliphatic heterocycles. The summed E-state index contributed by atoms with van der Waals surface area (Å²) < 4.78 is 12.0. The number of carbonyl (C=O) groups excluding carboxylic acids is 1. The van der Waals surface area contributed by atoms with Crippen LogP contribution in [-0.2, 0) is 17.8 Å². The molecule has 25 heavy (non-hydrogen) atoms. The molecule has 2 atom stereocenters. The number of ether oxygens (including phenoxy) is 1. The van der Waals surface area contributed by atoms with E-state index < -0.39 is 0 Å². The molecule has 0 aliphatic carbocycles. The minimum absolute atomic E-state index is 0.0613. The van der Waals surface area contributed by atoms with Gasteiger partial charge in [0.05, 0.1) is 7.11 Å². The van der Waals surface area contributed by atoms with Crippen LogP contribution in [0.3, 0.4) is 0 Å². The molecule has 0 saturated carbocycles. The zero-order valence-corrected chi connectivity index (χ0v) is 14.2. The van der Waals surface area contributed by atoms with Crippen molar-refractivity contribution in [2.75, 3.05) is 20.2 Å². The molecule has 4 heterocycles. The van der Waals surface area contributed by atoms with Gasteiger partial charge in [0.15, 0.2) is 0 Å². The van der Waals surface area contributed by atoms with Crippen LogP contribution in [0.5, 0.6) is 5.88 Å². The first-order chi connectivity index (χ1) is 12.1. The van der Waals surface area contributed by atoms with Gasteiger partial charge in [-0.15, -0.1) is 0 Å². The number of hydrogen-bond donors (Lipinski definition) is 0. The first kappa shape index (κ1) is 15.9.